The summed E-state index contributed by atoms with van der Waals surface area (Å²) in [5, 5.41) is 9.42. The van der Waals surface area contributed by atoms with E-state index in [-0.39, 0.29) is 11.5 Å². The number of alkyl halides is 2. The third kappa shape index (κ3) is 7.91. The highest BCUT2D eigenvalue weighted by Gasteiger charge is 2.16. The van der Waals surface area contributed by atoms with E-state index in [0.717, 1.165) is 19.3 Å². The highest BCUT2D eigenvalue weighted by Crippen LogP contribution is 2.20. The Morgan fingerprint density at radius 1 is 1.33 bits per heavy atom. The van der Waals surface area contributed by atoms with Gasteiger partial charge in [0.05, 0.1) is 0 Å². The summed E-state index contributed by atoms with van der Waals surface area (Å²) in [6.07, 6.45) is 2.65. The first-order chi connectivity index (χ1) is 14.3. The first-order valence-electron chi connectivity index (χ1n) is 9.68. The van der Waals surface area contributed by atoms with Gasteiger partial charge in [-0.25, -0.2) is 18.3 Å². The van der Waals surface area contributed by atoms with Crippen molar-refractivity contribution in [3.63, 3.8) is 0 Å². The summed E-state index contributed by atoms with van der Waals surface area (Å²) in [4.78, 5) is 17.6. The van der Waals surface area contributed by atoms with E-state index in [4.69, 9.17) is 5.84 Å². The Bertz CT molecular complexity index is 894. The molecule has 9 nitrogen and oxygen atoms in total. The lowest BCUT2D eigenvalue weighted by molar-refractivity contribution is 0.111. The van der Waals surface area contributed by atoms with Gasteiger partial charge in [-0.2, -0.15) is 15.2 Å². The van der Waals surface area contributed by atoms with E-state index in [1.165, 1.54) is 16.9 Å². The van der Waals surface area contributed by atoms with Crippen LogP contribution in [0.5, 0.6) is 0 Å². The fourth-order valence-electron chi connectivity index (χ4n) is 2.53. The summed E-state index contributed by atoms with van der Waals surface area (Å²) >= 11 is 0. The van der Waals surface area contributed by atoms with E-state index >= 15 is 0 Å². The molecule has 1 unspecified atom stereocenters. The largest absolute Gasteiger partial charge is 0.296 e. The quantitative estimate of drug-likeness (QED) is 0.353. The molecule has 0 aliphatic heterocycles. The number of hydrogen-bond donors (Lipinski definition) is 1. The van der Waals surface area contributed by atoms with E-state index in [9.17, 15) is 13.6 Å². The van der Waals surface area contributed by atoms with Crippen LogP contribution in [0.3, 0.4) is 0 Å². The molecule has 0 aromatic carbocycles. The molecule has 3 aromatic rings. The molecule has 0 radical (unpaired) electrons. The lowest BCUT2D eigenvalue weighted by Crippen LogP contribution is -2.28. The highest BCUT2D eigenvalue weighted by molar-refractivity contribution is 5.71. The maximum absolute atomic E-state index is 12.8. The number of halogens is 2. The molecular formula is C19H30F2N8O. The molecule has 0 bridgehead atoms. The number of aromatic nitrogens is 6. The Morgan fingerprint density at radius 2 is 2.03 bits per heavy atom. The number of rotatable bonds is 7. The molecule has 0 spiro atoms. The van der Waals surface area contributed by atoms with Gasteiger partial charge < -0.3 is 0 Å². The Hall–Kier alpha value is -2.79. The fraction of sp³-hybridized carbons (Fsp3) is 0.526. The first-order valence-corrected chi connectivity index (χ1v) is 9.68. The van der Waals surface area contributed by atoms with E-state index in [0.29, 0.717) is 23.7 Å². The van der Waals surface area contributed by atoms with Crippen molar-refractivity contribution in [3.05, 3.63) is 41.7 Å². The summed E-state index contributed by atoms with van der Waals surface area (Å²) in [5.74, 6) is 6.07. The van der Waals surface area contributed by atoms with Crippen LogP contribution in [0.15, 0.2) is 24.7 Å². The van der Waals surface area contributed by atoms with E-state index in [1.807, 2.05) is 13.8 Å². The van der Waals surface area contributed by atoms with Crippen LogP contribution < -0.4 is 5.84 Å². The van der Waals surface area contributed by atoms with Crippen LogP contribution in [-0.4, -0.2) is 54.3 Å². The third-order valence-electron chi connectivity index (χ3n) is 3.96. The molecule has 1 atom stereocenters. The average molecular weight is 425 g/mol. The van der Waals surface area contributed by atoms with Gasteiger partial charge >= 0.3 is 0 Å². The minimum atomic E-state index is -2.61. The van der Waals surface area contributed by atoms with Gasteiger partial charge in [0.1, 0.15) is 17.7 Å². The minimum Gasteiger partial charge on any atom is -0.296 e. The number of nitrogens with zero attached hydrogens (tertiary/aromatic N) is 7. The van der Waals surface area contributed by atoms with Gasteiger partial charge in [-0.3, -0.25) is 20.3 Å². The summed E-state index contributed by atoms with van der Waals surface area (Å²) in [6, 6.07) is 3.06. The van der Waals surface area contributed by atoms with Gasteiger partial charge in [0, 0.05) is 32.5 Å². The molecule has 0 aliphatic carbocycles. The number of fused-ring (bicyclic) bond motifs is 1. The molecule has 0 fully saturated rings. The topological polar surface area (TPSA) is 107 Å². The third-order valence-corrected chi connectivity index (χ3v) is 3.96. The average Bonchev–Trinajstić information content (AvgIpc) is 3.37. The van der Waals surface area contributed by atoms with Crippen LogP contribution in [0.4, 0.5) is 8.78 Å². The number of aldehydes is 1. The Labute approximate surface area is 174 Å². The zero-order valence-electron chi connectivity index (χ0n) is 18.0. The monoisotopic (exact) mass is 424 g/mol. The van der Waals surface area contributed by atoms with Crippen LogP contribution in [-0.2, 0) is 13.5 Å². The summed E-state index contributed by atoms with van der Waals surface area (Å²) in [6.45, 7) is 6.79. The first kappa shape index (κ1) is 25.2. The van der Waals surface area contributed by atoms with Gasteiger partial charge in [0.25, 0.3) is 12.2 Å². The summed E-state index contributed by atoms with van der Waals surface area (Å²) < 4.78 is 28.8. The smallest absolute Gasteiger partial charge is 0.280 e. The second-order valence-electron chi connectivity index (χ2n) is 6.56. The molecule has 0 aliphatic rings. The number of hydrazine groups is 1. The van der Waals surface area contributed by atoms with E-state index < -0.39 is 6.43 Å². The summed E-state index contributed by atoms with van der Waals surface area (Å²) in [5.41, 5.74) is 0.908. The van der Waals surface area contributed by atoms with Gasteiger partial charge in [-0.1, -0.05) is 20.8 Å². The Balaban J connectivity index is 0.000000375. The Kier molecular flexibility index (Phi) is 10.7. The highest BCUT2D eigenvalue weighted by atomic mass is 19.3. The zero-order chi connectivity index (χ0) is 22.7. The number of hydrogen-bond acceptors (Lipinski definition) is 7. The molecule has 3 aromatic heterocycles. The van der Waals surface area contributed by atoms with Crippen LogP contribution >= 0.6 is 0 Å². The maximum Gasteiger partial charge on any atom is 0.280 e. The van der Waals surface area contributed by atoms with Crippen LogP contribution in [0.25, 0.3) is 5.78 Å². The molecule has 11 heteroatoms. The molecule has 0 saturated carbocycles. The fourth-order valence-corrected chi connectivity index (χ4v) is 2.53. The zero-order valence-corrected chi connectivity index (χ0v) is 18.0. The van der Waals surface area contributed by atoms with Gasteiger partial charge in [-0.15, -0.1) is 0 Å². The van der Waals surface area contributed by atoms with E-state index in [2.05, 4.69) is 27.1 Å². The van der Waals surface area contributed by atoms with Crippen molar-refractivity contribution in [1.29, 1.82) is 0 Å². The van der Waals surface area contributed by atoms with Crippen LogP contribution in [0, 0.1) is 5.92 Å². The lowest BCUT2D eigenvalue weighted by atomic mass is 10.0. The van der Waals surface area contributed by atoms with E-state index in [1.54, 1.807) is 36.0 Å². The molecule has 3 heterocycles. The standard InChI is InChI=1S/C12H18F2N6.C5H6N2O.C2H6/c1-8(3-4-19(2)15)5-9-6-10(11(13)14)18-12-16-7-17-20(9)12;1-7-3-2-5(4-8)6-7;1-2/h6-8,11H,3-5,15H2,1-2H3;2-4H,1H3;1-2H3. The van der Waals surface area contributed by atoms with Crippen molar-refractivity contribution in [2.24, 2.45) is 18.8 Å². The number of carbonyl (C=O) groups is 1. The van der Waals surface area contributed by atoms with Crippen molar-refractivity contribution in [3.8, 4) is 0 Å². The summed E-state index contributed by atoms with van der Waals surface area (Å²) in [7, 11) is 3.57. The number of aryl methyl sites for hydroxylation is 1. The second-order valence-corrected chi connectivity index (χ2v) is 6.56. The Morgan fingerprint density at radius 3 is 2.53 bits per heavy atom. The van der Waals surface area contributed by atoms with Crippen molar-refractivity contribution in [2.75, 3.05) is 13.6 Å². The maximum atomic E-state index is 12.8. The predicted octanol–water partition coefficient (Wildman–Crippen LogP) is 2.69. The molecular weight excluding hydrogens is 394 g/mol. The van der Waals surface area contributed by atoms with Crippen molar-refractivity contribution in [2.45, 2.75) is 40.0 Å². The normalized spacial score (nSPS) is 11.7. The second kappa shape index (κ2) is 12.7. The SMILES string of the molecule is CC.CC(CCN(C)N)Cc1cc(C(F)F)nc2ncnn12.Cn1ccc(C=O)n1. The lowest BCUT2D eigenvalue weighted by Gasteiger charge is -2.15. The molecule has 3 rings (SSSR count). The van der Waals surface area contributed by atoms with Crippen molar-refractivity contribution >= 4 is 12.1 Å². The molecule has 2 N–H and O–H groups in total. The minimum absolute atomic E-state index is 0.209. The van der Waals surface area contributed by atoms with Crippen LogP contribution in [0.1, 0.15) is 55.5 Å². The molecule has 166 valence electrons. The van der Waals surface area contributed by atoms with Crippen molar-refractivity contribution < 1.29 is 13.6 Å². The van der Waals surface area contributed by atoms with Crippen LogP contribution in [0.2, 0.25) is 0 Å². The number of nitrogens with two attached hydrogens (primary N) is 1. The van der Waals surface area contributed by atoms with Gasteiger partial charge in [0.15, 0.2) is 6.29 Å². The molecule has 0 amide bonds. The number of carbonyl (C=O) groups excluding carboxylic acids is 1. The predicted molar refractivity (Wildman–Crippen MR) is 110 cm³/mol. The molecule has 0 saturated heterocycles. The molecule has 30 heavy (non-hydrogen) atoms. The van der Waals surface area contributed by atoms with Gasteiger partial charge in [0.2, 0.25) is 0 Å². The van der Waals surface area contributed by atoms with Gasteiger partial charge in [-0.05, 0) is 30.9 Å². The van der Waals surface area contributed by atoms with Crippen molar-refractivity contribution in [1.82, 2.24) is 34.4 Å².